The lowest BCUT2D eigenvalue weighted by Gasteiger charge is -2.19. The maximum absolute atomic E-state index is 2.37. The third-order valence-electron chi connectivity index (χ3n) is 20.6. The highest BCUT2D eigenvalue weighted by atomic mass is 15.0. The molecule has 19 rings (SSSR count). The zero-order valence-electron chi connectivity index (χ0n) is 56.4. The van der Waals surface area contributed by atoms with Crippen LogP contribution in [0.3, 0.4) is 0 Å². The van der Waals surface area contributed by atoms with E-state index >= 15 is 0 Å². The van der Waals surface area contributed by atoms with E-state index in [2.05, 4.69) is 389 Å². The quantitative estimate of drug-likeness (QED) is 0.128. The molecule has 0 spiro atoms. The molecular weight excluding hydrogens is 1210 g/mol. The molecule has 0 saturated carbocycles. The Morgan fingerprint density at radius 3 is 0.730 bits per heavy atom. The van der Waals surface area contributed by atoms with Gasteiger partial charge in [-0.2, -0.15) is 0 Å². The number of benzene rings is 17. The molecular formula is C98H70N2. The van der Waals surface area contributed by atoms with Crippen LogP contribution in [-0.4, -0.2) is 9.13 Å². The molecule has 100 heavy (non-hydrogen) atoms. The van der Waals surface area contributed by atoms with Crippen LogP contribution in [0.25, 0.3) is 176 Å². The fourth-order valence-corrected chi connectivity index (χ4v) is 15.9. The molecule has 0 saturated heterocycles. The minimum atomic E-state index is 1.18. The predicted octanol–water partition coefficient (Wildman–Crippen LogP) is 27.1. The van der Waals surface area contributed by atoms with Crippen LogP contribution in [-0.2, 0) is 0 Å². The third-order valence-corrected chi connectivity index (χ3v) is 20.6. The number of nitrogens with zero attached hydrogens (tertiary/aromatic N) is 2. The van der Waals surface area contributed by atoms with Crippen molar-refractivity contribution in [2.45, 2.75) is 27.7 Å². The van der Waals surface area contributed by atoms with Crippen molar-refractivity contribution in [1.82, 2.24) is 9.13 Å². The first-order chi connectivity index (χ1) is 49.2. The Labute approximate surface area is 583 Å². The summed E-state index contributed by atoms with van der Waals surface area (Å²) >= 11 is 0. The van der Waals surface area contributed by atoms with Crippen LogP contribution < -0.4 is 0 Å². The standard InChI is InChI=1S/C52H37N.C46H33N/c1-34-18-29-45-47(31-34)51(39-23-19-37(20-24-39)36-11-5-3-6-12-36)44-28-17-35(2)32-48(44)52(45)40-25-21-38(22-26-40)41-27-30-50-46(33-41)43-15-9-10-16-49(43)53(50)42-13-7-4-8-14-42;1-30-18-25-39-41(27-30)45(33-11-5-3-6-12-33)38-24-17-31(2)28-42(38)46(39)34-21-19-32(20-22-34)35-23-26-44-40(29-35)37-15-9-10-16-43(37)47(44)36-13-7-4-8-14-36/h3-33H,1-2H3;3-29H,1-2H3. The van der Waals surface area contributed by atoms with E-state index in [0.29, 0.717) is 0 Å². The monoisotopic (exact) mass is 1270 g/mol. The Kier molecular flexibility index (Phi) is 14.8. The van der Waals surface area contributed by atoms with Crippen LogP contribution in [0.1, 0.15) is 22.3 Å². The second-order valence-electron chi connectivity index (χ2n) is 27.0. The van der Waals surface area contributed by atoms with Gasteiger partial charge in [0.15, 0.2) is 0 Å². The molecule has 17 aromatic carbocycles. The first kappa shape index (κ1) is 59.8. The normalized spacial score (nSPS) is 11.6. The lowest BCUT2D eigenvalue weighted by molar-refractivity contribution is 1.18. The van der Waals surface area contributed by atoms with Crippen LogP contribution in [0.2, 0.25) is 0 Å². The average Bonchev–Trinajstić information content (AvgIpc) is 1.68. The summed E-state index contributed by atoms with van der Waals surface area (Å²) in [5, 5.41) is 15.4. The first-order valence-electron chi connectivity index (χ1n) is 34.8. The molecule has 19 aromatic rings. The van der Waals surface area contributed by atoms with E-state index in [-0.39, 0.29) is 0 Å². The van der Waals surface area contributed by atoms with Crippen molar-refractivity contribution in [3.8, 4) is 89.3 Å². The van der Waals surface area contributed by atoms with Crippen molar-refractivity contribution < 1.29 is 0 Å². The summed E-state index contributed by atoms with van der Waals surface area (Å²) in [6.45, 7) is 8.78. The van der Waals surface area contributed by atoms with Crippen molar-refractivity contribution in [3.63, 3.8) is 0 Å². The van der Waals surface area contributed by atoms with Gasteiger partial charge in [0, 0.05) is 32.9 Å². The Balaban J connectivity index is 0.000000145. The van der Waals surface area contributed by atoms with Gasteiger partial charge in [-0.15, -0.1) is 0 Å². The van der Waals surface area contributed by atoms with Crippen molar-refractivity contribution in [2.24, 2.45) is 0 Å². The summed E-state index contributed by atoms with van der Waals surface area (Å²) in [5.74, 6) is 0. The smallest absolute Gasteiger partial charge is 0.0541 e. The minimum Gasteiger partial charge on any atom is -0.309 e. The van der Waals surface area contributed by atoms with Crippen LogP contribution in [0.15, 0.2) is 352 Å². The lowest BCUT2D eigenvalue weighted by Crippen LogP contribution is -1.93. The summed E-state index contributed by atoms with van der Waals surface area (Å²) in [5.41, 5.74) is 29.8. The molecule has 2 nitrogen and oxygen atoms in total. The maximum Gasteiger partial charge on any atom is 0.0541 e. The largest absolute Gasteiger partial charge is 0.309 e. The number of rotatable bonds is 9. The molecule has 0 fully saturated rings. The lowest BCUT2D eigenvalue weighted by atomic mass is 9.84. The molecule has 0 aliphatic heterocycles. The fraction of sp³-hybridized carbons (Fsp3) is 0.0408. The molecule has 2 heterocycles. The van der Waals surface area contributed by atoms with Crippen LogP contribution in [0.5, 0.6) is 0 Å². The van der Waals surface area contributed by atoms with Gasteiger partial charge in [-0.05, 0) is 209 Å². The van der Waals surface area contributed by atoms with Crippen molar-refractivity contribution in [3.05, 3.63) is 374 Å². The summed E-state index contributed by atoms with van der Waals surface area (Å²) in [7, 11) is 0. The highest BCUT2D eigenvalue weighted by Gasteiger charge is 2.22. The second-order valence-corrected chi connectivity index (χ2v) is 27.0. The van der Waals surface area contributed by atoms with Gasteiger partial charge in [-0.3, -0.25) is 0 Å². The second kappa shape index (κ2) is 24.8. The van der Waals surface area contributed by atoms with E-state index in [9.17, 15) is 0 Å². The van der Waals surface area contributed by atoms with E-state index in [1.54, 1.807) is 0 Å². The zero-order valence-corrected chi connectivity index (χ0v) is 56.4. The number of hydrogen-bond acceptors (Lipinski definition) is 0. The summed E-state index contributed by atoms with van der Waals surface area (Å²) in [6, 6.07) is 129. The van der Waals surface area contributed by atoms with E-state index in [1.807, 2.05) is 0 Å². The Bertz CT molecular complexity index is 6360. The van der Waals surface area contributed by atoms with Crippen molar-refractivity contribution in [1.29, 1.82) is 0 Å². The van der Waals surface area contributed by atoms with Crippen molar-refractivity contribution >= 4 is 86.7 Å². The maximum atomic E-state index is 2.37. The summed E-state index contributed by atoms with van der Waals surface area (Å²) < 4.78 is 4.75. The van der Waals surface area contributed by atoms with E-state index in [0.717, 1.165) is 0 Å². The van der Waals surface area contributed by atoms with Gasteiger partial charge in [0.05, 0.1) is 22.1 Å². The molecule has 2 heteroatoms. The van der Waals surface area contributed by atoms with Gasteiger partial charge < -0.3 is 9.13 Å². The predicted molar refractivity (Wildman–Crippen MR) is 429 cm³/mol. The minimum absolute atomic E-state index is 1.18. The van der Waals surface area contributed by atoms with Gasteiger partial charge in [-0.25, -0.2) is 0 Å². The van der Waals surface area contributed by atoms with Crippen LogP contribution in [0, 0.1) is 27.7 Å². The SMILES string of the molecule is Cc1ccc2c(-c3ccc(-c4ccc5c(c4)c4ccccc4n5-c4ccccc4)cc3)c3cc(C)ccc3c(-c3ccc(-c4ccccc4)cc3)c2c1.Cc1ccc2c(-c3ccc(-c4ccc5c(c4)c4ccccc4n5-c4ccccc4)cc3)c3cc(C)ccc3c(-c3ccccc3)c2c1. The molecule has 0 atom stereocenters. The molecule has 2 aromatic heterocycles. The molecule has 0 bridgehead atoms. The van der Waals surface area contributed by atoms with Gasteiger partial charge in [0.25, 0.3) is 0 Å². The number of para-hydroxylation sites is 4. The third kappa shape index (κ3) is 10.4. The van der Waals surface area contributed by atoms with Gasteiger partial charge in [0.2, 0.25) is 0 Å². The number of fused-ring (bicyclic) bond motifs is 10. The Hall–Kier alpha value is -12.6. The Morgan fingerprint density at radius 1 is 0.150 bits per heavy atom. The zero-order chi connectivity index (χ0) is 67.0. The van der Waals surface area contributed by atoms with Crippen LogP contribution in [0.4, 0.5) is 0 Å². The molecule has 0 radical (unpaired) electrons. The van der Waals surface area contributed by atoms with Gasteiger partial charge in [-0.1, -0.05) is 313 Å². The highest BCUT2D eigenvalue weighted by Crippen LogP contribution is 2.48. The van der Waals surface area contributed by atoms with E-state index in [1.165, 1.54) is 198 Å². The van der Waals surface area contributed by atoms with Crippen LogP contribution >= 0.6 is 0 Å². The van der Waals surface area contributed by atoms with Crippen molar-refractivity contribution in [2.75, 3.05) is 0 Å². The van der Waals surface area contributed by atoms with Gasteiger partial charge in [0.1, 0.15) is 0 Å². The average molecular weight is 1280 g/mol. The fourth-order valence-electron chi connectivity index (χ4n) is 15.9. The first-order valence-corrected chi connectivity index (χ1v) is 34.8. The number of aryl methyl sites for hydroxylation is 4. The molecule has 472 valence electrons. The molecule has 0 aliphatic carbocycles. The molecule has 0 amide bonds. The molecule has 0 N–H and O–H groups in total. The molecule has 0 unspecified atom stereocenters. The number of aromatic nitrogens is 2. The topological polar surface area (TPSA) is 9.86 Å². The van der Waals surface area contributed by atoms with E-state index < -0.39 is 0 Å². The number of hydrogen-bond donors (Lipinski definition) is 0. The van der Waals surface area contributed by atoms with Gasteiger partial charge >= 0.3 is 0 Å². The summed E-state index contributed by atoms with van der Waals surface area (Å²) in [6.07, 6.45) is 0. The Morgan fingerprint density at radius 2 is 0.390 bits per heavy atom. The highest BCUT2D eigenvalue weighted by molar-refractivity contribution is 6.23. The molecule has 0 aliphatic rings. The van der Waals surface area contributed by atoms with E-state index in [4.69, 9.17) is 0 Å². The summed E-state index contributed by atoms with van der Waals surface area (Å²) in [4.78, 5) is 0.